The van der Waals surface area contributed by atoms with E-state index in [1.807, 2.05) is 42.6 Å². The topological polar surface area (TPSA) is 43.2 Å². The minimum atomic E-state index is 0.566. The van der Waals surface area contributed by atoms with Crippen molar-refractivity contribution in [3.8, 4) is 0 Å². The first-order valence-electron chi connectivity index (χ1n) is 6.55. The SMILES string of the molecule is [NH]c1ccc(N2CCN(c3ccccn3)CC2)cc1. The lowest BCUT2D eigenvalue weighted by molar-refractivity contribution is 0.647. The Hall–Kier alpha value is -2.23. The van der Waals surface area contributed by atoms with Crippen molar-refractivity contribution in [3.05, 3.63) is 48.7 Å². The first-order valence-corrected chi connectivity index (χ1v) is 6.55. The number of rotatable bonds is 2. The highest BCUT2D eigenvalue weighted by atomic mass is 15.3. The maximum absolute atomic E-state index is 7.52. The molecule has 0 atom stereocenters. The fraction of sp³-hybridized carbons (Fsp3) is 0.267. The molecule has 97 valence electrons. The van der Waals surface area contributed by atoms with Crippen LogP contribution in [0, 0.1) is 0 Å². The number of pyridine rings is 1. The molecule has 0 bridgehead atoms. The molecule has 1 aromatic heterocycles. The molecule has 3 rings (SSSR count). The van der Waals surface area contributed by atoms with Gasteiger partial charge in [0.2, 0.25) is 0 Å². The van der Waals surface area contributed by atoms with Gasteiger partial charge in [-0.1, -0.05) is 6.07 Å². The number of nitrogens with zero attached hydrogens (tertiary/aromatic N) is 3. The van der Waals surface area contributed by atoms with E-state index in [1.165, 1.54) is 5.69 Å². The highest BCUT2D eigenvalue weighted by Crippen LogP contribution is 2.20. The van der Waals surface area contributed by atoms with Crippen molar-refractivity contribution in [2.75, 3.05) is 36.0 Å². The summed E-state index contributed by atoms with van der Waals surface area (Å²) in [5.41, 5.74) is 9.29. The van der Waals surface area contributed by atoms with Crippen molar-refractivity contribution in [2.45, 2.75) is 0 Å². The molecule has 1 radical (unpaired) electrons. The van der Waals surface area contributed by atoms with Gasteiger partial charge >= 0.3 is 0 Å². The van der Waals surface area contributed by atoms with E-state index in [0.717, 1.165) is 32.0 Å². The Bertz CT molecular complexity index is 516. The second-order valence-corrected chi connectivity index (χ2v) is 4.71. The molecule has 4 heteroatoms. The fourth-order valence-electron chi connectivity index (χ4n) is 2.41. The van der Waals surface area contributed by atoms with Crippen LogP contribution in [0.3, 0.4) is 0 Å². The molecule has 0 spiro atoms. The van der Waals surface area contributed by atoms with Gasteiger partial charge in [0.25, 0.3) is 0 Å². The Morgan fingerprint density at radius 1 is 0.842 bits per heavy atom. The lowest BCUT2D eigenvalue weighted by atomic mass is 10.2. The van der Waals surface area contributed by atoms with E-state index in [0.29, 0.717) is 5.69 Å². The predicted molar refractivity (Wildman–Crippen MR) is 77.9 cm³/mol. The zero-order valence-electron chi connectivity index (χ0n) is 10.8. The molecule has 4 nitrogen and oxygen atoms in total. The molecule has 1 saturated heterocycles. The quantitative estimate of drug-likeness (QED) is 0.825. The predicted octanol–water partition coefficient (Wildman–Crippen LogP) is 2.32. The van der Waals surface area contributed by atoms with Crippen LogP contribution in [0.5, 0.6) is 0 Å². The standard InChI is InChI=1S/C15H17N4/c16-13-4-6-14(7-5-13)18-9-11-19(12-10-18)15-3-1-2-8-17-15/h1-8,16H,9-12H2. The number of aromatic nitrogens is 1. The Morgan fingerprint density at radius 3 is 2.16 bits per heavy atom. The van der Waals surface area contributed by atoms with Gasteiger partial charge < -0.3 is 15.5 Å². The summed E-state index contributed by atoms with van der Waals surface area (Å²) < 4.78 is 0. The number of anilines is 2. The summed E-state index contributed by atoms with van der Waals surface area (Å²) in [7, 11) is 0. The molecule has 1 aliphatic heterocycles. The summed E-state index contributed by atoms with van der Waals surface area (Å²) in [5.74, 6) is 1.06. The van der Waals surface area contributed by atoms with Crippen LogP contribution in [0.15, 0.2) is 48.7 Å². The summed E-state index contributed by atoms with van der Waals surface area (Å²) in [4.78, 5) is 9.07. The van der Waals surface area contributed by atoms with E-state index in [2.05, 4.69) is 20.9 Å². The van der Waals surface area contributed by atoms with Crippen molar-refractivity contribution in [1.82, 2.24) is 10.7 Å². The monoisotopic (exact) mass is 253 g/mol. The molecule has 0 aliphatic carbocycles. The molecule has 1 aliphatic rings. The molecule has 0 amide bonds. The zero-order valence-corrected chi connectivity index (χ0v) is 10.8. The third kappa shape index (κ3) is 2.62. The van der Waals surface area contributed by atoms with Gasteiger partial charge in [-0.25, -0.2) is 4.98 Å². The number of hydrogen-bond acceptors (Lipinski definition) is 3. The van der Waals surface area contributed by atoms with E-state index < -0.39 is 0 Å². The molecule has 0 unspecified atom stereocenters. The second kappa shape index (κ2) is 5.18. The zero-order chi connectivity index (χ0) is 13.1. The highest BCUT2D eigenvalue weighted by Gasteiger charge is 2.17. The highest BCUT2D eigenvalue weighted by molar-refractivity contribution is 5.53. The lowest BCUT2D eigenvalue weighted by Gasteiger charge is -2.36. The molecule has 2 heterocycles. The van der Waals surface area contributed by atoms with Gasteiger partial charge in [-0.2, -0.15) is 0 Å². The van der Waals surface area contributed by atoms with Crippen LogP contribution in [0.25, 0.3) is 0 Å². The normalized spacial score (nSPS) is 15.6. The molecule has 19 heavy (non-hydrogen) atoms. The van der Waals surface area contributed by atoms with E-state index in [9.17, 15) is 0 Å². The van der Waals surface area contributed by atoms with Crippen LogP contribution < -0.4 is 15.5 Å². The second-order valence-electron chi connectivity index (χ2n) is 4.71. The number of nitrogens with one attached hydrogen (secondary N) is 1. The van der Waals surface area contributed by atoms with E-state index in [4.69, 9.17) is 5.73 Å². The Morgan fingerprint density at radius 2 is 1.53 bits per heavy atom. The van der Waals surface area contributed by atoms with E-state index >= 15 is 0 Å². The maximum atomic E-state index is 7.52. The van der Waals surface area contributed by atoms with Gasteiger partial charge in [0.1, 0.15) is 5.82 Å². The number of piperazine rings is 1. The third-order valence-electron chi connectivity index (χ3n) is 3.49. The Kier molecular flexibility index (Phi) is 3.23. The van der Waals surface area contributed by atoms with Gasteiger partial charge in [0, 0.05) is 38.1 Å². The van der Waals surface area contributed by atoms with E-state index in [-0.39, 0.29) is 0 Å². The molecule has 1 N–H and O–H groups in total. The van der Waals surface area contributed by atoms with Crippen molar-refractivity contribution < 1.29 is 0 Å². The van der Waals surface area contributed by atoms with Crippen LogP contribution in [0.4, 0.5) is 17.2 Å². The fourth-order valence-corrected chi connectivity index (χ4v) is 2.41. The van der Waals surface area contributed by atoms with Crippen LogP contribution in [-0.4, -0.2) is 31.2 Å². The first kappa shape index (κ1) is 11.8. The molecule has 1 aromatic carbocycles. The summed E-state index contributed by atoms with van der Waals surface area (Å²) in [6, 6.07) is 13.8. The molecular weight excluding hydrogens is 236 g/mol. The van der Waals surface area contributed by atoms with Crippen molar-refractivity contribution in [2.24, 2.45) is 0 Å². The van der Waals surface area contributed by atoms with Crippen LogP contribution in [0.2, 0.25) is 0 Å². The average Bonchev–Trinajstić information content (AvgIpc) is 2.49. The van der Waals surface area contributed by atoms with Gasteiger partial charge in [0.05, 0.1) is 5.69 Å². The van der Waals surface area contributed by atoms with Gasteiger partial charge in [-0.15, -0.1) is 0 Å². The molecule has 2 aromatic rings. The Labute approximate surface area is 113 Å². The first-order chi connectivity index (χ1) is 9.33. The van der Waals surface area contributed by atoms with Gasteiger partial charge in [-0.05, 0) is 36.4 Å². The van der Waals surface area contributed by atoms with Crippen molar-refractivity contribution >= 4 is 17.2 Å². The van der Waals surface area contributed by atoms with Crippen molar-refractivity contribution in [1.29, 1.82) is 0 Å². The molecular formula is C15H17N4. The number of hydrogen-bond donors (Lipinski definition) is 0. The van der Waals surface area contributed by atoms with Crippen LogP contribution >= 0.6 is 0 Å². The molecule has 0 saturated carbocycles. The minimum Gasteiger partial charge on any atom is -0.368 e. The van der Waals surface area contributed by atoms with Gasteiger partial charge in [0.15, 0.2) is 0 Å². The van der Waals surface area contributed by atoms with Crippen LogP contribution in [0.1, 0.15) is 0 Å². The van der Waals surface area contributed by atoms with Gasteiger partial charge in [-0.3, -0.25) is 0 Å². The van der Waals surface area contributed by atoms with Crippen LogP contribution in [-0.2, 0) is 0 Å². The summed E-state index contributed by atoms with van der Waals surface area (Å²) in [5, 5.41) is 0. The lowest BCUT2D eigenvalue weighted by Crippen LogP contribution is -2.46. The summed E-state index contributed by atoms with van der Waals surface area (Å²) in [6.07, 6.45) is 1.84. The maximum Gasteiger partial charge on any atom is 0.128 e. The third-order valence-corrected chi connectivity index (χ3v) is 3.49. The van der Waals surface area contributed by atoms with E-state index in [1.54, 1.807) is 0 Å². The minimum absolute atomic E-state index is 0.566. The Balaban J connectivity index is 1.65. The molecule has 1 fully saturated rings. The number of benzene rings is 1. The largest absolute Gasteiger partial charge is 0.368 e. The van der Waals surface area contributed by atoms with Crippen molar-refractivity contribution in [3.63, 3.8) is 0 Å². The summed E-state index contributed by atoms with van der Waals surface area (Å²) in [6.45, 7) is 3.96. The average molecular weight is 253 g/mol. The smallest absolute Gasteiger partial charge is 0.128 e. The summed E-state index contributed by atoms with van der Waals surface area (Å²) >= 11 is 0.